The standard InChI is InChI=1S/C12H23N3O2/c1-2-3-8-17-11(16)9-15-6-4-10(5-7-15)12(13)14/h10H,2-9H2,1H3,(H3,13,14). The first-order valence-electron chi connectivity index (χ1n) is 6.35. The summed E-state index contributed by atoms with van der Waals surface area (Å²) in [7, 11) is 0. The molecule has 5 heteroatoms. The number of likely N-dealkylation sites (tertiary alicyclic amines) is 1. The molecule has 0 atom stereocenters. The van der Waals surface area contributed by atoms with Gasteiger partial charge in [-0.25, -0.2) is 0 Å². The number of unbranched alkanes of at least 4 members (excludes halogenated alkanes) is 1. The lowest BCUT2D eigenvalue weighted by atomic mass is 9.96. The summed E-state index contributed by atoms with van der Waals surface area (Å²) in [6.45, 7) is 4.62. The molecule has 0 bridgehead atoms. The SMILES string of the molecule is CCCCOC(=O)CN1CCC(C(=N)N)CC1. The van der Waals surface area contributed by atoms with Crippen molar-refractivity contribution in [2.24, 2.45) is 11.7 Å². The van der Waals surface area contributed by atoms with Crippen LogP contribution in [0.25, 0.3) is 0 Å². The highest BCUT2D eigenvalue weighted by atomic mass is 16.5. The minimum Gasteiger partial charge on any atom is -0.465 e. The van der Waals surface area contributed by atoms with Crippen LogP contribution in [0.1, 0.15) is 32.6 Å². The minimum atomic E-state index is -0.139. The predicted molar refractivity (Wildman–Crippen MR) is 66.9 cm³/mol. The van der Waals surface area contributed by atoms with Crippen LogP contribution in [-0.4, -0.2) is 42.9 Å². The lowest BCUT2D eigenvalue weighted by Crippen LogP contribution is -2.41. The molecule has 1 rings (SSSR count). The van der Waals surface area contributed by atoms with Gasteiger partial charge in [0.15, 0.2) is 0 Å². The maximum Gasteiger partial charge on any atom is 0.320 e. The van der Waals surface area contributed by atoms with E-state index in [1.165, 1.54) is 0 Å². The molecular weight excluding hydrogens is 218 g/mol. The molecule has 0 spiro atoms. The van der Waals surface area contributed by atoms with E-state index in [4.69, 9.17) is 15.9 Å². The smallest absolute Gasteiger partial charge is 0.320 e. The third-order valence-corrected chi connectivity index (χ3v) is 3.14. The number of carbonyl (C=O) groups is 1. The van der Waals surface area contributed by atoms with Gasteiger partial charge in [-0.1, -0.05) is 13.3 Å². The van der Waals surface area contributed by atoms with Crippen molar-refractivity contribution in [2.45, 2.75) is 32.6 Å². The second kappa shape index (κ2) is 7.27. The van der Waals surface area contributed by atoms with Gasteiger partial charge in [-0.15, -0.1) is 0 Å². The Morgan fingerprint density at radius 2 is 2.12 bits per heavy atom. The molecule has 17 heavy (non-hydrogen) atoms. The Labute approximate surface area is 103 Å². The Kier molecular flexibility index (Phi) is 5.97. The van der Waals surface area contributed by atoms with Crippen LogP contribution in [0.2, 0.25) is 0 Å². The topological polar surface area (TPSA) is 79.4 Å². The van der Waals surface area contributed by atoms with Gasteiger partial charge in [-0.05, 0) is 32.4 Å². The van der Waals surface area contributed by atoms with Gasteiger partial charge in [0, 0.05) is 5.92 Å². The van der Waals surface area contributed by atoms with Crippen LogP contribution in [0, 0.1) is 11.3 Å². The predicted octanol–water partition coefficient (Wildman–Crippen LogP) is 0.978. The van der Waals surface area contributed by atoms with Crippen LogP contribution < -0.4 is 5.73 Å². The first-order chi connectivity index (χ1) is 8.13. The summed E-state index contributed by atoms with van der Waals surface area (Å²) in [6.07, 6.45) is 3.71. The number of nitrogens with two attached hydrogens (primary N) is 1. The van der Waals surface area contributed by atoms with Crippen molar-refractivity contribution in [1.82, 2.24) is 4.90 Å². The molecule has 0 aromatic rings. The van der Waals surface area contributed by atoms with Crippen molar-refractivity contribution in [3.8, 4) is 0 Å². The highest BCUT2D eigenvalue weighted by Crippen LogP contribution is 2.16. The number of nitrogens with zero attached hydrogens (tertiary/aromatic N) is 1. The van der Waals surface area contributed by atoms with E-state index in [0.29, 0.717) is 13.2 Å². The number of hydrogen-bond donors (Lipinski definition) is 2. The molecule has 1 saturated heterocycles. The summed E-state index contributed by atoms with van der Waals surface area (Å²) >= 11 is 0. The second-order valence-corrected chi connectivity index (χ2v) is 4.58. The van der Waals surface area contributed by atoms with E-state index in [-0.39, 0.29) is 17.7 Å². The fraction of sp³-hybridized carbons (Fsp3) is 0.833. The fourth-order valence-electron chi connectivity index (χ4n) is 1.96. The van der Waals surface area contributed by atoms with Crippen LogP contribution >= 0.6 is 0 Å². The Hall–Kier alpha value is -1.10. The number of hydrogen-bond acceptors (Lipinski definition) is 4. The number of piperidine rings is 1. The summed E-state index contributed by atoms with van der Waals surface area (Å²) < 4.78 is 5.11. The average Bonchev–Trinajstić information content (AvgIpc) is 2.30. The van der Waals surface area contributed by atoms with E-state index in [1.54, 1.807) is 0 Å². The average molecular weight is 241 g/mol. The lowest BCUT2D eigenvalue weighted by Gasteiger charge is -2.30. The molecule has 3 N–H and O–H groups in total. The first-order valence-corrected chi connectivity index (χ1v) is 6.35. The van der Waals surface area contributed by atoms with Crippen LogP contribution in [0.4, 0.5) is 0 Å². The summed E-state index contributed by atoms with van der Waals surface area (Å²) in [5, 5.41) is 7.38. The van der Waals surface area contributed by atoms with Gasteiger partial charge in [0.1, 0.15) is 0 Å². The van der Waals surface area contributed by atoms with Gasteiger partial charge < -0.3 is 10.5 Å². The molecule has 1 fully saturated rings. The third-order valence-electron chi connectivity index (χ3n) is 3.14. The quantitative estimate of drug-likeness (QED) is 0.314. The highest BCUT2D eigenvalue weighted by molar-refractivity contribution is 5.79. The molecule has 98 valence electrons. The largest absolute Gasteiger partial charge is 0.465 e. The molecular formula is C12H23N3O2. The number of esters is 1. The van der Waals surface area contributed by atoms with Crippen molar-refractivity contribution in [2.75, 3.05) is 26.2 Å². The van der Waals surface area contributed by atoms with Gasteiger partial charge in [0.25, 0.3) is 0 Å². The van der Waals surface area contributed by atoms with Crippen molar-refractivity contribution < 1.29 is 9.53 Å². The van der Waals surface area contributed by atoms with Crippen molar-refractivity contribution in [1.29, 1.82) is 5.41 Å². The van der Waals surface area contributed by atoms with Crippen LogP contribution in [0.3, 0.4) is 0 Å². The van der Waals surface area contributed by atoms with Crippen molar-refractivity contribution in [3.63, 3.8) is 0 Å². The molecule has 0 aromatic heterocycles. The highest BCUT2D eigenvalue weighted by Gasteiger charge is 2.22. The molecule has 5 nitrogen and oxygen atoms in total. The molecule has 1 heterocycles. The van der Waals surface area contributed by atoms with Gasteiger partial charge in [-0.2, -0.15) is 0 Å². The number of rotatable bonds is 6. The van der Waals surface area contributed by atoms with E-state index in [2.05, 4.69) is 11.8 Å². The van der Waals surface area contributed by atoms with Crippen molar-refractivity contribution in [3.05, 3.63) is 0 Å². The van der Waals surface area contributed by atoms with Crippen LogP contribution in [0.5, 0.6) is 0 Å². The minimum absolute atomic E-state index is 0.139. The maximum absolute atomic E-state index is 11.5. The zero-order chi connectivity index (χ0) is 12.7. The van der Waals surface area contributed by atoms with Gasteiger partial charge in [0.2, 0.25) is 0 Å². The van der Waals surface area contributed by atoms with E-state index < -0.39 is 0 Å². The Bertz CT molecular complexity index is 260. The monoisotopic (exact) mass is 241 g/mol. The summed E-state index contributed by atoms with van der Waals surface area (Å²) in [5.41, 5.74) is 5.47. The molecule has 0 aliphatic carbocycles. The summed E-state index contributed by atoms with van der Waals surface area (Å²) in [5.74, 6) is 0.331. The van der Waals surface area contributed by atoms with E-state index >= 15 is 0 Å². The molecule has 0 amide bonds. The van der Waals surface area contributed by atoms with Crippen LogP contribution in [-0.2, 0) is 9.53 Å². The molecule has 1 aliphatic rings. The van der Waals surface area contributed by atoms with Crippen LogP contribution in [0.15, 0.2) is 0 Å². The Morgan fingerprint density at radius 1 is 1.47 bits per heavy atom. The Balaban J connectivity index is 2.17. The number of amidine groups is 1. The number of ether oxygens (including phenoxy) is 1. The summed E-state index contributed by atoms with van der Waals surface area (Å²) in [6, 6.07) is 0. The number of carbonyl (C=O) groups excluding carboxylic acids is 1. The van der Waals surface area contributed by atoms with E-state index in [0.717, 1.165) is 38.8 Å². The lowest BCUT2D eigenvalue weighted by molar-refractivity contribution is -0.145. The van der Waals surface area contributed by atoms with Crippen molar-refractivity contribution >= 4 is 11.8 Å². The molecule has 0 aromatic carbocycles. The number of nitrogens with one attached hydrogen (secondary N) is 1. The van der Waals surface area contributed by atoms with Gasteiger partial charge in [0.05, 0.1) is 19.0 Å². The molecule has 0 radical (unpaired) electrons. The van der Waals surface area contributed by atoms with E-state index in [1.807, 2.05) is 0 Å². The third kappa shape index (κ3) is 5.17. The molecule has 0 saturated carbocycles. The molecule has 0 unspecified atom stereocenters. The normalized spacial score (nSPS) is 17.9. The van der Waals surface area contributed by atoms with Gasteiger partial charge >= 0.3 is 5.97 Å². The Morgan fingerprint density at radius 3 is 2.65 bits per heavy atom. The zero-order valence-electron chi connectivity index (χ0n) is 10.6. The van der Waals surface area contributed by atoms with Gasteiger partial charge in [-0.3, -0.25) is 15.1 Å². The second-order valence-electron chi connectivity index (χ2n) is 4.58. The first kappa shape index (κ1) is 14.0. The maximum atomic E-state index is 11.5. The fourth-order valence-corrected chi connectivity index (χ4v) is 1.96. The summed E-state index contributed by atoms with van der Waals surface area (Å²) in [4.78, 5) is 13.5. The molecule has 1 aliphatic heterocycles. The van der Waals surface area contributed by atoms with E-state index in [9.17, 15) is 4.79 Å². The zero-order valence-corrected chi connectivity index (χ0v) is 10.6.